The van der Waals surface area contributed by atoms with Crippen molar-refractivity contribution in [3.05, 3.63) is 0 Å². The number of hydrogen-bond acceptors (Lipinski definition) is 4. The first-order valence-electron chi connectivity index (χ1n) is 6.61. The van der Waals surface area contributed by atoms with Gasteiger partial charge < -0.3 is 10.5 Å². The summed E-state index contributed by atoms with van der Waals surface area (Å²) in [6.07, 6.45) is 9.33. The molecule has 2 fully saturated rings. The van der Waals surface area contributed by atoms with E-state index in [1.165, 1.54) is 0 Å². The first-order valence-corrected chi connectivity index (χ1v) is 7.77. The van der Waals surface area contributed by atoms with Gasteiger partial charge >= 0.3 is 0 Å². The molecular weight excluding hydrogens is 246 g/mol. The Morgan fingerprint density at radius 2 is 2.28 bits per heavy atom. The highest BCUT2D eigenvalue weighted by atomic mass is 32.2. The van der Waals surface area contributed by atoms with Gasteiger partial charge in [0, 0.05) is 18.9 Å². The highest BCUT2D eigenvalue weighted by molar-refractivity contribution is 7.99. The van der Waals surface area contributed by atoms with Gasteiger partial charge in [0.05, 0.1) is 11.6 Å². The second-order valence-corrected chi connectivity index (χ2v) is 6.48. The van der Waals surface area contributed by atoms with E-state index in [-0.39, 0.29) is 17.3 Å². The molecule has 2 heterocycles. The number of ether oxygens (including phenoxy) is 1. The Kier molecular flexibility index (Phi) is 4.71. The van der Waals surface area contributed by atoms with Crippen molar-refractivity contribution in [2.75, 3.05) is 18.1 Å². The molecule has 1 spiro atoms. The van der Waals surface area contributed by atoms with Crippen molar-refractivity contribution in [3.8, 4) is 12.3 Å². The van der Waals surface area contributed by atoms with Gasteiger partial charge in [-0.3, -0.25) is 4.79 Å². The summed E-state index contributed by atoms with van der Waals surface area (Å²) in [6, 6.07) is -0.492. The lowest BCUT2D eigenvalue weighted by atomic mass is 9.78. The summed E-state index contributed by atoms with van der Waals surface area (Å²) in [4.78, 5) is 12.2. The van der Waals surface area contributed by atoms with Crippen LogP contribution in [0.3, 0.4) is 0 Å². The van der Waals surface area contributed by atoms with Crippen molar-refractivity contribution >= 4 is 17.5 Å². The van der Waals surface area contributed by atoms with Crippen LogP contribution in [0.5, 0.6) is 0 Å². The molecule has 0 amide bonds. The van der Waals surface area contributed by atoms with Gasteiger partial charge in [-0.2, -0.15) is 11.8 Å². The standard InChI is InChI=1S/C14H21NO2S/c1-2-3-12(15)13(16)11-4-7-17-14(10-11)5-8-18-9-6-14/h1,11-12H,3-10,15H2. The van der Waals surface area contributed by atoms with Crippen LogP contribution in [-0.4, -0.2) is 35.5 Å². The highest BCUT2D eigenvalue weighted by Crippen LogP contribution is 2.40. The second kappa shape index (κ2) is 6.10. The lowest BCUT2D eigenvalue weighted by Gasteiger charge is -2.43. The molecule has 0 radical (unpaired) electrons. The maximum Gasteiger partial charge on any atom is 0.153 e. The summed E-state index contributed by atoms with van der Waals surface area (Å²) < 4.78 is 5.98. The minimum Gasteiger partial charge on any atom is -0.375 e. The zero-order valence-electron chi connectivity index (χ0n) is 10.7. The minimum absolute atomic E-state index is 0.0465. The van der Waals surface area contributed by atoms with Crippen molar-refractivity contribution in [2.45, 2.75) is 43.7 Å². The summed E-state index contributed by atoms with van der Waals surface area (Å²) in [6.45, 7) is 0.684. The third kappa shape index (κ3) is 3.09. The van der Waals surface area contributed by atoms with Crippen molar-refractivity contribution in [2.24, 2.45) is 11.7 Å². The van der Waals surface area contributed by atoms with E-state index in [9.17, 15) is 4.79 Å². The molecule has 0 aromatic rings. The van der Waals surface area contributed by atoms with Crippen LogP contribution in [0.2, 0.25) is 0 Å². The minimum atomic E-state index is -0.492. The molecular formula is C14H21NO2S. The summed E-state index contributed by atoms with van der Waals surface area (Å²) in [7, 11) is 0. The van der Waals surface area contributed by atoms with Gasteiger partial charge in [-0.25, -0.2) is 0 Å². The Labute approximate surface area is 113 Å². The topological polar surface area (TPSA) is 52.3 Å². The highest BCUT2D eigenvalue weighted by Gasteiger charge is 2.41. The van der Waals surface area contributed by atoms with Gasteiger partial charge in [-0.1, -0.05) is 0 Å². The van der Waals surface area contributed by atoms with Crippen LogP contribution in [0.25, 0.3) is 0 Å². The fourth-order valence-corrected chi connectivity index (χ4v) is 4.13. The van der Waals surface area contributed by atoms with Crippen LogP contribution in [0, 0.1) is 18.3 Å². The van der Waals surface area contributed by atoms with Crippen LogP contribution in [-0.2, 0) is 9.53 Å². The Morgan fingerprint density at radius 1 is 1.56 bits per heavy atom. The number of ketones is 1. The fourth-order valence-electron chi connectivity index (χ4n) is 2.89. The van der Waals surface area contributed by atoms with Gasteiger partial charge in [-0.05, 0) is 37.2 Å². The molecule has 2 unspecified atom stereocenters. The number of Topliss-reactive ketones (excluding diaryl/α,β-unsaturated/α-hetero) is 1. The van der Waals surface area contributed by atoms with E-state index in [0.717, 1.165) is 37.2 Å². The molecule has 2 saturated heterocycles. The molecule has 2 aliphatic rings. The predicted octanol–water partition coefficient (Wildman–Crippen LogP) is 1.60. The van der Waals surface area contributed by atoms with E-state index in [2.05, 4.69) is 5.92 Å². The largest absolute Gasteiger partial charge is 0.375 e. The predicted molar refractivity (Wildman–Crippen MR) is 74.4 cm³/mol. The normalized spacial score (nSPS) is 28.6. The second-order valence-electron chi connectivity index (χ2n) is 5.25. The molecule has 0 aromatic carbocycles. The van der Waals surface area contributed by atoms with E-state index in [1.54, 1.807) is 0 Å². The third-order valence-corrected chi connectivity index (χ3v) is 4.99. The summed E-state index contributed by atoms with van der Waals surface area (Å²) in [5.74, 6) is 4.93. The SMILES string of the molecule is C#CCC(N)C(=O)C1CCOC2(CCSCC2)C1. The Balaban J connectivity index is 1.98. The van der Waals surface area contributed by atoms with Crippen molar-refractivity contribution in [1.82, 2.24) is 0 Å². The van der Waals surface area contributed by atoms with E-state index in [0.29, 0.717) is 13.0 Å². The van der Waals surface area contributed by atoms with Crippen molar-refractivity contribution < 1.29 is 9.53 Å². The summed E-state index contributed by atoms with van der Waals surface area (Å²) >= 11 is 1.97. The van der Waals surface area contributed by atoms with E-state index in [1.807, 2.05) is 11.8 Å². The number of carbonyl (C=O) groups excluding carboxylic acids is 1. The van der Waals surface area contributed by atoms with Gasteiger partial charge in [0.25, 0.3) is 0 Å². The summed E-state index contributed by atoms with van der Waals surface area (Å²) in [5, 5.41) is 0. The molecule has 2 N–H and O–H groups in total. The molecule has 0 aromatic heterocycles. The van der Waals surface area contributed by atoms with Gasteiger partial charge in [0.15, 0.2) is 5.78 Å². The van der Waals surface area contributed by atoms with Crippen LogP contribution in [0.4, 0.5) is 0 Å². The average molecular weight is 267 g/mol. The Hall–Kier alpha value is -0.500. The van der Waals surface area contributed by atoms with E-state index >= 15 is 0 Å². The van der Waals surface area contributed by atoms with Gasteiger partial charge in [0.1, 0.15) is 0 Å². The van der Waals surface area contributed by atoms with E-state index < -0.39 is 6.04 Å². The first-order chi connectivity index (χ1) is 8.67. The van der Waals surface area contributed by atoms with Gasteiger partial charge in [-0.15, -0.1) is 12.3 Å². The first kappa shape index (κ1) is 13.9. The quantitative estimate of drug-likeness (QED) is 0.789. The third-order valence-electron chi connectivity index (χ3n) is 4.00. The number of rotatable bonds is 3. The smallest absolute Gasteiger partial charge is 0.153 e. The number of carbonyl (C=O) groups is 1. The monoisotopic (exact) mass is 267 g/mol. The zero-order valence-corrected chi connectivity index (χ0v) is 11.5. The van der Waals surface area contributed by atoms with Crippen LogP contribution in [0.15, 0.2) is 0 Å². The Morgan fingerprint density at radius 3 is 2.94 bits per heavy atom. The molecule has 2 rings (SSSR count). The van der Waals surface area contributed by atoms with Gasteiger partial charge in [0.2, 0.25) is 0 Å². The number of hydrogen-bond donors (Lipinski definition) is 1. The molecule has 0 aliphatic carbocycles. The summed E-state index contributed by atoms with van der Waals surface area (Å²) in [5.41, 5.74) is 5.78. The van der Waals surface area contributed by atoms with E-state index in [4.69, 9.17) is 16.9 Å². The average Bonchev–Trinajstić information content (AvgIpc) is 2.39. The number of terminal acetylenes is 1. The van der Waals surface area contributed by atoms with Crippen LogP contribution < -0.4 is 5.73 Å². The molecule has 0 saturated carbocycles. The molecule has 3 nitrogen and oxygen atoms in total. The molecule has 0 bridgehead atoms. The lowest BCUT2D eigenvalue weighted by molar-refractivity contribution is -0.139. The van der Waals surface area contributed by atoms with Crippen molar-refractivity contribution in [1.29, 1.82) is 0 Å². The molecule has 100 valence electrons. The lowest BCUT2D eigenvalue weighted by Crippen LogP contribution is -2.47. The molecule has 2 atom stereocenters. The molecule has 18 heavy (non-hydrogen) atoms. The van der Waals surface area contributed by atoms with Crippen LogP contribution in [0.1, 0.15) is 32.1 Å². The number of nitrogens with two attached hydrogens (primary N) is 1. The number of thioether (sulfide) groups is 1. The Bertz CT molecular complexity index is 339. The maximum absolute atomic E-state index is 12.2. The van der Waals surface area contributed by atoms with Crippen LogP contribution >= 0.6 is 11.8 Å². The zero-order chi connectivity index (χ0) is 13.0. The van der Waals surface area contributed by atoms with Crippen molar-refractivity contribution in [3.63, 3.8) is 0 Å². The molecule has 4 heteroatoms. The maximum atomic E-state index is 12.2. The fraction of sp³-hybridized carbons (Fsp3) is 0.786. The molecule has 2 aliphatic heterocycles.